The highest BCUT2D eigenvalue weighted by Crippen LogP contribution is 2.49. The fourth-order valence-electron chi connectivity index (χ4n) is 15.8. The number of carbonyl (C=O) groups is 8. The molecule has 5 aliphatic heterocycles. The summed E-state index contributed by atoms with van der Waals surface area (Å²) >= 11 is 0. The van der Waals surface area contributed by atoms with E-state index in [0.29, 0.717) is 116 Å². The molecule has 0 aromatic carbocycles. The lowest BCUT2D eigenvalue weighted by molar-refractivity contribution is -0.282. The van der Waals surface area contributed by atoms with Gasteiger partial charge in [0.2, 0.25) is 17.7 Å². The van der Waals surface area contributed by atoms with Crippen LogP contribution in [0.2, 0.25) is 0 Å². The number of ketones is 5. The molecule has 5 fully saturated rings. The first-order valence-electron chi connectivity index (χ1n) is 45.6. The molecule has 5 saturated heterocycles. The Balaban J connectivity index is 0.953. The predicted octanol–water partition coefficient (Wildman–Crippen LogP) is 2.07. The monoisotopic (exact) mass is 1880 g/mol. The van der Waals surface area contributed by atoms with Crippen molar-refractivity contribution in [3.05, 3.63) is 12.7 Å². The molecule has 7 heterocycles. The number of amides is 3. The minimum Gasteiger partial charge on any atom is -0.778 e. The van der Waals surface area contributed by atoms with Gasteiger partial charge in [-0.2, -0.15) is 0 Å². The van der Waals surface area contributed by atoms with Gasteiger partial charge in [-0.25, -0.2) is 15.0 Å². The van der Waals surface area contributed by atoms with Gasteiger partial charge < -0.3 is 143 Å². The standard InChI is InChI=1S/C85H144N8O34P2/c1-53(2)128(111,112)121-47-69-65(40-73(123-69)93-52-90-74-80(86)88-51-89-81(74)93)127-129(113,114)122-46-58-39-64(102)42-92(58)72(105)41-71(104)91-85(48-115-36-29-62(100)23-11-7-9-21-59(97)26-14-18-33-118-82-55(4)54(3)75(106)66(43-94)124-82,49-116-37-30-63(101)24-12-8-10-22-60(98)27-15-19-34-119-83-56(5)76(107)78(109)67(44-95)125-83)50-117-38-31-70(103)87-32-17-13-25-61(99)28-16-20-35-120-84-57(6)77(108)79(110)68(45-96)126-84/h51-58,64-69,73,75-79,82-84,94-96,102,106-110H,7-50H2,1-6H3,(H,87,103)(H,91,104)(H,111,112)(H,113,114)(H2,86,88,89)/p-2/t54-,55?,56?,57?,58+,64-,65+,66?,67?,68?,69-,73-,75-,76-,77-,78+,79+,82-,83-,84-,85?/m1/s1. The fourth-order valence-corrected chi connectivity index (χ4v) is 17.4. The third-order valence-corrected chi connectivity index (χ3v) is 26.9. The maximum Gasteiger partial charge on any atom is 0.268 e. The molecule has 2 aromatic rings. The second-order valence-electron chi connectivity index (χ2n) is 34.9. The number of carbonyl (C=O) groups excluding carboxylic acids is 8. The maximum absolute atomic E-state index is 14.6. The smallest absolute Gasteiger partial charge is 0.268 e. The van der Waals surface area contributed by atoms with Gasteiger partial charge in [0.15, 0.2) is 30.3 Å². The molecule has 9 unspecified atom stereocenters. The highest BCUT2D eigenvalue weighted by molar-refractivity contribution is 7.52. The zero-order valence-electron chi connectivity index (χ0n) is 75.3. The van der Waals surface area contributed by atoms with E-state index >= 15 is 0 Å². The number of phosphoric acid groups is 1. The number of β-amino-alcohol motifs (C(OH)–C–C–N with tert-alkyl or cyclic N) is 1. The summed E-state index contributed by atoms with van der Waals surface area (Å²) in [7, 11) is -9.93. The number of Topliss-reactive ketones (excluding diaryl/α,β-unsaturated/α-hetero) is 5. The average Bonchev–Trinajstić information content (AvgIpc) is 1.63. The first kappa shape index (κ1) is 111. The first-order valence-corrected chi connectivity index (χ1v) is 48.7. The van der Waals surface area contributed by atoms with Gasteiger partial charge in [-0.1, -0.05) is 54.4 Å². The van der Waals surface area contributed by atoms with E-state index in [9.17, 15) is 103 Å². The van der Waals surface area contributed by atoms with Crippen molar-refractivity contribution in [2.45, 2.75) is 331 Å². The lowest BCUT2D eigenvalue weighted by Gasteiger charge is -2.41. The number of nitrogens with one attached hydrogen (secondary N) is 2. The number of nitrogen functional groups attached to an aromatic ring is 1. The van der Waals surface area contributed by atoms with Crippen molar-refractivity contribution in [2.75, 3.05) is 111 Å². The second kappa shape index (κ2) is 56.8. The topological polar surface area (TPSA) is 616 Å². The van der Waals surface area contributed by atoms with Gasteiger partial charge in [-0.05, 0) is 89.4 Å². The van der Waals surface area contributed by atoms with E-state index in [2.05, 4.69) is 25.6 Å². The van der Waals surface area contributed by atoms with Crippen molar-refractivity contribution in [3.8, 4) is 0 Å². The molecule has 3 amide bonds. The number of nitrogens with zero attached hydrogens (tertiary/aromatic N) is 5. The lowest BCUT2D eigenvalue weighted by Crippen LogP contribution is -2.59. The third-order valence-electron chi connectivity index (χ3n) is 24.2. The molecule has 0 spiro atoms. The predicted molar refractivity (Wildman–Crippen MR) is 455 cm³/mol. The Morgan fingerprint density at radius 2 is 0.969 bits per heavy atom. The summed E-state index contributed by atoms with van der Waals surface area (Å²) in [6.45, 7) is 5.76. The van der Waals surface area contributed by atoms with Crippen LogP contribution in [0.4, 0.5) is 5.82 Å². The van der Waals surface area contributed by atoms with E-state index in [1.165, 1.54) is 31.1 Å². The summed E-state index contributed by atoms with van der Waals surface area (Å²) in [5.74, 6) is -3.85. The van der Waals surface area contributed by atoms with Crippen LogP contribution in [0.25, 0.3) is 11.2 Å². The zero-order valence-corrected chi connectivity index (χ0v) is 77.1. The van der Waals surface area contributed by atoms with Crippen LogP contribution in [-0.4, -0.2) is 326 Å². The van der Waals surface area contributed by atoms with E-state index < -0.39 is 207 Å². The number of aliphatic hydroxyl groups is 9. The van der Waals surface area contributed by atoms with Gasteiger partial charge in [0.25, 0.3) is 7.82 Å². The fraction of sp³-hybridized carbons (Fsp3) is 0.847. The summed E-state index contributed by atoms with van der Waals surface area (Å²) < 4.78 is 103. The molecule has 42 nitrogen and oxygen atoms in total. The molecule has 0 bridgehead atoms. The molecule has 738 valence electrons. The molecule has 2 aromatic heterocycles. The van der Waals surface area contributed by atoms with E-state index in [1.807, 2.05) is 13.8 Å². The van der Waals surface area contributed by atoms with Crippen molar-refractivity contribution < 1.29 is 164 Å². The third kappa shape index (κ3) is 37.0. The molecule has 44 heteroatoms. The van der Waals surface area contributed by atoms with Gasteiger partial charge in [0.1, 0.15) is 103 Å². The van der Waals surface area contributed by atoms with Crippen LogP contribution in [0.15, 0.2) is 12.7 Å². The molecule has 129 heavy (non-hydrogen) atoms. The Morgan fingerprint density at radius 1 is 0.519 bits per heavy atom. The normalized spacial score (nSPS) is 28.1. The largest absolute Gasteiger partial charge is 0.778 e. The molecular formula is C85H142N8O34P2-2. The lowest BCUT2D eigenvalue weighted by atomic mass is 9.85. The van der Waals surface area contributed by atoms with E-state index in [0.717, 1.165) is 4.90 Å². The number of phosphoric ester groups is 1. The Hall–Kier alpha value is -5.39. The number of anilines is 1. The molecule has 5 aliphatic rings. The number of aliphatic hydroxyl groups excluding tert-OH is 9. The van der Waals surface area contributed by atoms with Gasteiger partial charge in [-0.3, -0.25) is 47.5 Å². The SMILES string of the molecule is CC1[C@H](OCCCCC(=O)CCCCCC(=O)CCOCC(COCCC(=O)CCCCCC(=O)CCCCO[C@@H]2OC(CO)[C@H](O)[C@H](O)C2C)(COCCC(=O)NCCCCC(=O)CCCCO[C@@H]2OC(CO)[C@H](O)[C@H](O)C2C)NC(=O)CC(=O)N2C[C@H](O)C[C@H]2COP(=O)([O-])O[C@H]2C[C@H](n3cnc4c(N)ncnc43)O[C@@H]2COP(=O)([O-])C(C)C)OC(CO)[C@H](O)[C@@H]1C. The van der Waals surface area contributed by atoms with Crippen LogP contribution in [0.1, 0.15) is 228 Å². The Labute approximate surface area is 753 Å². The molecule has 23 atom stereocenters. The van der Waals surface area contributed by atoms with Gasteiger partial charge in [0, 0.05) is 133 Å². The Bertz CT molecular complexity index is 3620. The number of likely N-dealkylation sites (tertiary alicyclic amines) is 1. The number of aromatic nitrogens is 4. The second-order valence-corrected chi connectivity index (χ2v) is 38.7. The number of hydrogen-bond donors (Lipinski definition) is 12. The summed E-state index contributed by atoms with van der Waals surface area (Å²) in [5, 5.41) is 96.7. The minimum absolute atomic E-state index is 0.00510. The summed E-state index contributed by atoms with van der Waals surface area (Å²) in [5.41, 5.74) is 3.73. The molecule has 7 rings (SSSR count). The van der Waals surface area contributed by atoms with Gasteiger partial charge >= 0.3 is 0 Å². The van der Waals surface area contributed by atoms with Crippen LogP contribution >= 0.6 is 15.4 Å². The van der Waals surface area contributed by atoms with Crippen LogP contribution < -0.4 is 26.2 Å². The van der Waals surface area contributed by atoms with Crippen LogP contribution in [0.5, 0.6) is 0 Å². The Kier molecular flexibility index (Phi) is 48.7. The number of rotatable bonds is 66. The van der Waals surface area contributed by atoms with Crippen molar-refractivity contribution in [1.29, 1.82) is 0 Å². The average molecular weight is 1880 g/mol. The number of unbranched alkanes of at least 4 members (excludes halogenated alkanes) is 8. The van der Waals surface area contributed by atoms with E-state index in [4.69, 9.17) is 66.7 Å². The van der Waals surface area contributed by atoms with Crippen molar-refractivity contribution in [1.82, 2.24) is 35.1 Å². The quantitative estimate of drug-likeness (QED) is 0.0256. The van der Waals surface area contributed by atoms with Crippen molar-refractivity contribution in [3.63, 3.8) is 0 Å². The number of imidazole rings is 1. The minimum atomic E-state index is -5.44. The summed E-state index contributed by atoms with van der Waals surface area (Å²) in [6.07, 6.45) is -5.57. The summed E-state index contributed by atoms with van der Waals surface area (Å²) in [4.78, 5) is 148. The molecule has 0 radical (unpaired) electrons. The highest BCUT2D eigenvalue weighted by atomic mass is 31.2. The Morgan fingerprint density at radius 3 is 1.45 bits per heavy atom. The number of fused-ring (bicyclic) bond motifs is 1. The molecule has 13 N–H and O–H groups in total. The van der Waals surface area contributed by atoms with Crippen LogP contribution in [0, 0.1) is 23.7 Å². The van der Waals surface area contributed by atoms with Crippen LogP contribution in [-0.2, 0) is 108 Å². The van der Waals surface area contributed by atoms with Gasteiger partial charge in [-0.15, -0.1) is 0 Å². The van der Waals surface area contributed by atoms with Crippen molar-refractivity contribution in [2.24, 2.45) is 23.7 Å². The van der Waals surface area contributed by atoms with Gasteiger partial charge in [0.05, 0.1) is 116 Å². The molecule has 0 saturated carbocycles. The summed E-state index contributed by atoms with van der Waals surface area (Å²) in [6, 6.07) is -1.18. The molecular weight excluding hydrogens is 1740 g/mol. The number of hydrogen-bond acceptors (Lipinski definition) is 38. The van der Waals surface area contributed by atoms with Crippen LogP contribution in [0.3, 0.4) is 0 Å². The number of nitrogens with two attached hydrogens (primary N) is 1. The molecule has 0 aliphatic carbocycles. The van der Waals surface area contributed by atoms with Crippen molar-refractivity contribution >= 4 is 79.0 Å². The van der Waals surface area contributed by atoms with E-state index in [-0.39, 0.29) is 175 Å². The maximum atomic E-state index is 14.6. The zero-order chi connectivity index (χ0) is 94.4. The number of ether oxygens (including phenoxy) is 10. The van der Waals surface area contributed by atoms with E-state index in [1.54, 1.807) is 13.8 Å². The highest BCUT2D eigenvalue weighted by Gasteiger charge is 2.47. The first-order chi connectivity index (χ1) is 61.5.